The van der Waals surface area contributed by atoms with Gasteiger partial charge >= 0.3 is 0 Å². The molecule has 1 aromatic carbocycles. The van der Waals surface area contributed by atoms with E-state index >= 15 is 0 Å². The molecule has 0 fully saturated rings. The van der Waals surface area contributed by atoms with Crippen molar-refractivity contribution in [1.29, 1.82) is 0 Å². The van der Waals surface area contributed by atoms with E-state index in [1.807, 2.05) is 19.1 Å². The lowest BCUT2D eigenvalue weighted by molar-refractivity contribution is 0.407. The Kier molecular flexibility index (Phi) is 5.99. The fourth-order valence-corrected chi connectivity index (χ4v) is 2.24. The molecular formula is C15H26N2O. The van der Waals surface area contributed by atoms with Crippen LogP contribution in [-0.2, 0) is 0 Å². The van der Waals surface area contributed by atoms with Crippen LogP contribution in [0, 0.1) is 0 Å². The van der Waals surface area contributed by atoms with Crippen LogP contribution in [0.5, 0.6) is 5.75 Å². The molecule has 0 saturated carbocycles. The van der Waals surface area contributed by atoms with Crippen molar-refractivity contribution in [3.05, 3.63) is 23.8 Å². The molecule has 0 saturated heterocycles. The number of anilines is 1. The minimum atomic E-state index is -0.0215. The van der Waals surface area contributed by atoms with Gasteiger partial charge in [0.2, 0.25) is 0 Å². The van der Waals surface area contributed by atoms with Gasteiger partial charge in [0.05, 0.1) is 7.11 Å². The van der Waals surface area contributed by atoms with Crippen LogP contribution in [0.15, 0.2) is 18.2 Å². The zero-order valence-electron chi connectivity index (χ0n) is 12.1. The van der Waals surface area contributed by atoms with E-state index in [1.54, 1.807) is 7.11 Å². The summed E-state index contributed by atoms with van der Waals surface area (Å²) in [7, 11) is 1.70. The van der Waals surface area contributed by atoms with Crippen molar-refractivity contribution in [3.63, 3.8) is 0 Å². The maximum Gasteiger partial charge on any atom is 0.125 e. The van der Waals surface area contributed by atoms with E-state index in [0.29, 0.717) is 0 Å². The van der Waals surface area contributed by atoms with Gasteiger partial charge in [0.25, 0.3) is 0 Å². The molecule has 1 aromatic rings. The predicted octanol–water partition coefficient (Wildman–Crippen LogP) is 3.34. The Hall–Kier alpha value is -1.22. The Balaban J connectivity index is 3.12. The summed E-state index contributed by atoms with van der Waals surface area (Å²) in [6.45, 7) is 8.47. The van der Waals surface area contributed by atoms with Gasteiger partial charge in [0.15, 0.2) is 0 Å². The number of hydrogen-bond acceptors (Lipinski definition) is 3. The molecule has 0 spiro atoms. The number of hydrogen-bond donors (Lipinski definition) is 1. The zero-order chi connectivity index (χ0) is 13.5. The number of nitrogens with two attached hydrogens (primary N) is 1. The van der Waals surface area contributed by atoms with Crippen LogP contribution in [0.3, 0.4) is 0 Å². The molecule has 1 atom stereocenters. The molecule has 3 nitrogen and oxygen atoms in total. The van der Waals surface area contributed by atoms with Gasteiger partial charge in [-0.1, -0.05) is 19.4 Å². The third-order valence-electron chi connectivity index (χ3n) is 3.22. The first kappa shape index (κ1) is 14.8. The summed E-state index contributed by atoms with van der Waals surface area (Å²) in [6.07, 6.45) is 2.40. The molecular weight excluding hydrogens is 224 g/mol. The van der Waals surface area contributed by atoms with Crippen LogP contribution in [0.2, 0.25) is 0 Å². The predicted molar refractivity (Wildman–Crippen MR) is 78.4 cm³/mol. The quantitative estimate of drug-likeness (QED) is 0.806. The van der Waals surface area contributed by atoms with E-state index in [1.165, 1.54) is 18.5 Å². The Labute approximate surface area is 111 Å². The number of unbranched alkanes of at least 4 members (excludes halogenated alkanes) is 1. The fourth-order valence-electron chi connectivity index (χ4n) is 2.24. The highest BCUT2D eigenvalue weighted by Gasteiger charge is 2.16. The standard InChI is InChI=1S/C15H26N2O/c1-5-7-11-17(6-2)13-9-8-10-14(18-4)15(13)12(3)16/h8-10,12H,5-7,11,16H2,1-4H3/t12-/m1/s1. The number of ether oxygens (including phenoxy) is 1. The summed E-state index contributed by atoms with van der Waals surface area (Å²) in [6, 6.07) is 6.14. The Morgan fingerprint density at radius 1 is 1.33 bits per heavy atom. The highest BCUT2D eigenvalue weighted by Crippen LogP contribution is 2.33. The number of methoxy groups -OCH3 is 1. The van der Waals surface area contributed by atoms with Crippen LogP contribution in [-0.4, -0.2) is 20.2 Å². The zero-order valence-corrected chi connectivity index (χ0v) is 12.1. The van der Waals surface area contributed by atoms with E-state index in [2.05, 4.69) is 24.8 Å². The van der Waals surface area contributed by atoms with Gasteiger partial charge < -0.3 is 15.4 Å². The van der Waals surface area contributed by atoms with Gasteiger partial charge in [-0.2, -0.15) is 0 Å². The first-order valence-electron chi connectivity index (χ1n) is 6.83. The summed E-state index contributed by atoms with van der Waals surface area (Å²) in [5.41, 5.74) is 8.42. The van der Waals surface area contributed by atoms with Crippen molar-refractivity contribution < 1.29 is 4.74 Å². The molecule has 3 heteroatoms. The highest BCUT2D eigenvalue weighted by atomic mass is 16.5. The lowest BCUT2D eigenvalue weighted by Gasteiger charge is -2.28. The van der Waals surface area contributed by atoms with Crippen molar-refractivity contribution in [2.45, 2.75) is 39.7 Å². The van der Waals surface area contributed by atoms with Crippen molar-refractivity contribution >= 4 is 5.69 Å². The van der Waals surface area contributed by atoms with E-state index in [4.69, 9.17) is 10.5 Å². The molecule has 18 heavy (non-hydrogen) atoms. The van der Waals surface area contributed by atoms with Crippen LogP contribution < -0.4 is 15.4 Å². The SMILES string of the molecule is CCCCN(CC)c1cccc(OC)c1[C@@H](C)N. The topological polar surface area (TPSA) is 38.5 Å². The van der Waals surface area contributed by atoms with E-state index in [9.17, 15) is 0 Å². The van der Waals surface area contributed by atoms with E-state index in [0.717, 1.165) is 24.4 Å². The summed E-state index contributed by atoms with van der Waals surface area (Å²) < 4.78 is 5.44. The van der Waals surface area contributed by atoms with Crippen LogP contribution >= 0.6 is 0 Å². The average molecular weight is 250 g/mol. The van der Waals surface area contributed by atoms with Gasteiger partial charge in [-0.25, -0.2) is 0 Å². The normalized spacial score (nSPS) is 12.3. The third kappa shape index (κ3) is 3.39. The molecule has 0 heterocycles. The second-order valence-electron chi connectivity index (χ2n) is 4.61. The Morgan fingerprint density at radius 2 is 2.06 bits per heavy atom. The van der Waals surface area contributed by atoms with Crippen molar-refractivity contribution in [2.24, 2.45) is 5.73 Å². The van der Waals surface area contributed by atoms with Crippen molar-refractivity contribution in [3.8, 4) is 5.75 Å². The minimum absolute atomic E-state index is 0.0215. The van der Waals surface area contributed by atoms with Gasteiger partial charge in [-0.05, 0) is 32.4 Å². The van der Waals surface area contributed by atoms with E-state index < -0.39 is 0 Å². The van der Waals surface area contributed by atoms with Gasteiger partial charge in [-0.15, -0.1) is 0 Å². The van der Waals surface area contributed by atoms with Crippen molar-refractivity contribution in [2.75, 3.05) is 25.1 Å². The number of rotatable bonds is 7. The molecule has 0 amide bonds. The second kappa shape index (κ2) is 7.27. The monoisotopic (exact) mass is 250 g/mol. The van der Waals surface area contributed by atoms with Crippen LogP contribution in [0.1, 0.15) is 45.2 Å². The second-order valence-corrected chi connectivity index (χ2v) is 4.61. The lowest BCUT2D eigenvalue weighted by Crippen LogP contribution is -2.26. The molecule has 0 aliphatic heterocycles. The molecule has 1 rings (SSSR count). The fraction of sp³-hybridized carbons (Fsp3) is 0.600. The minimum Gasteiger partial charge on any atom is -0.496 e. The lowest BCUT2D eigenvalue weighted by atomic mass is 10.0. The first-order chi connectivity index (χ1) is 8.65. The summed E-state index contributed by atoms with van der Waals surface area (Å²) in [5.74, 6) is 0.887. The van der Waals surface area contributed by atoms with Gasteiger partial charge in [0, 0.05) is 30.4 Å². The molecule has 2 N–H and O–H groups in total. The molecule has 0 unspecified atom stereocenters. The Morgan fingerprint density at radius 3 is 2.56 bits per heavy atom. The van der Waals surface area contributed by atoms with E-state index in [-0.39, 0.29) is 6.04 Å². The largest absolute Gasteiger partial charge is 0.496 e. The maximum absolute atomic E-state index is 6.11. The first-order valence-corrected chi connectivity index (χ1v) is 6.83. The van der Waals surface area contributed by atoms with Gasteiger partial charge in [-0.3, -0.25) is 0 Å². The summed E-state index contributed by atoms with van der Waals surface area (Å²) >= 11 is 0. The van der Waals surface area contributed by atoms with Gasteiger partial charge in [0.1, 0.15) is 5.75 Å². The molecule has 0 aliphatic carbocycles. The maximum atomic E-state index is 6.11. The van der Waals surface area contributed by atoms with Crippen LogP contribution in [0.25, 0.3) is 0 Å². The summed E-state index contributed by atoms with van der Waals surface area (Å²) in [4.78, 5) is 2.38. The third-order valence-corrected chi connectivity index (χ3v) is 3.22. The molecule has 0 aromatic heterocycles. The smallest absolute Gasteiger partial charge is 0.125 e. The molecule has 0 aliphatic rings. The molecule has 102 valence electrons. The Bertz CT molecular complexity index is 364. The average Bonchev–Trinajstić information content (AvgIpc) is 2.38. The molecule has 0 bridgehead atoms. The number of benzene rings is 1. The van der Waals surface area contributed by atoms with Crippen molar-refractivity contribution in [1.82, 2.24) is 0 Å². The summed E-state index contributed by atoms with van der Waals surface area (Å²) in [5, 5.41) is 0. The molecule has 0 radical (unpaired) electrons. The van der Waals surface area contributed by atoms with Crippen LogP contribution in [0.4, 0.5) is 5.69 Å². The number of nitrogens with zero attached hydrogens (tertiary/aromatic N) is 1. The highest BCUT2D eigenvalue weighted by molar-refractivity contribution is 5.60.